The Hall–Kier alpha value is 0.220. The van der Waals surface area contributed by atoms with E-state index in [4.69, 9.17) is 14.5 Å². The summed E-state index contributed by atoms with van der Waals surface area (Å²) in [5.41, 5.74) is 0.668. The van der Waals surface area contributed by atoms with Gasteiger partial charge in [0.15, 0.2) is 0 Å². The fraction of sp³-hybridized carbons (Fsp3) is 0.500. The molecule has 0 aliphatic carbocycles. The van der Waals surface area contributed by atoms with Gasteiger partial charge in [0.25, 0.3) is 0 Å². The molecule has 0 aliphatic rings. The van der Waals surface area contributed by atoms with Crippen LogP contribution in [0, 0.1) is 6.92 Å². The van der Waals surface area contributed by atoms with E-state index < -0.39 is 13.9 Å². The number of aromatic nitrogens is 1. The third-order valence-electron chi connectivity index (χ3n) is 1.25. The Labute approximate surface area is 93.4 Å². The van der Waals surface area contributed by atoms with Gasteiger partial charge in [-0.15, -0.1) is 11.3 Å². The smallest absolute Gasteiger partial charge is 0.350 e. The van der Waals surface area contributed by atoms with E-state index >= 15 is 0 Å². The molecule has 0 spiro atoms. The lowest BCUT2D eigenvalue weighted by Crippen LogP contribution is -1.97. The van der Waals surface area contributed by atoms with Gasteiger partial charge in [-0.2, -0.15) is 0 Å². The van der Waals surface area contributed by atoms with Crippen molar-refractivity contribution in [3.8, 4) is 0 Å². The van der Waals surface area contributed by atoms with Crippen molar-refractivity contribution in [3.63, 3.8) is 0 Å². The summed E-state index contributed by atoms with van der Waals surface area (Å²) in [6, 6.07) is 0. The first-order valence-corrected chi connectivity index (χ1v) is 7.03. The largest absolute Gasteiger partial charge is 0.362 e. The molecule has 0 bridgehead atoms. The highest BCUT2D eigenvalue weighted by atomic mass is 79.9. The minimum Gasteiger partial charge on any atom is -0.362 e. The summed E-state index contributed by atoms with van der Waals surface area (Å²) < 4.78 is 16.1. The lowest BCUT2D eigenvalue weighted by atomic mass is 10.5. The van der Waals surface area contributed by atoms with E-state index in [1.165, 1.54) is 11.3 Å². The van der Waals surface area contributed by atoms with Crippen LogP contribution >= 0.6 is 34.9 Å². The number of hydrogen-bond acceptors (Lipinski definition) is 4. The molecule has 0 saturated heterocycles. The summed E-state index contributed by atoms with van der Waals surface area (Å²) in [5.74, 6) is 0. The predicted octanol–water partition coefficient (Wildman–Crippen LogP) is 1.87. The van der Waals surface area contributed by atoms with Crippen LogP contribution in [0.3, 0.4) is 0 Å². The first-order valence-electron chi connectivity index (χ1n) is 3.62. The van der Waals surface area contributed by atoms with E-state index in [1.54, 1.807) is 0 Å². The minimum absolute atomic E-state index is 0.107. The average Bonchev–Trinajstić information content (AvgIpc) is 2.27. The zero-order valence-corrected chi connectivity index (χ0v) is 10.6. The molecule has 1 aromatic heterocycles. The van der Waals surface area contributed by atoms with Crippen molar-refractivity contribution >= 4 is 34.9 Å². The molecule has 5 nitrogen and oxygen atoms in total. The predicted molar refractivity (Wildman–Crippen MR) is 56.3 cm³/mol. The molecule has 14 heavy (non-hydrogen) atoms. The highest BCUT2D eigenvalue weighted by molar-refractivity contribution is 9.11. The summed E-state index contributed by atoms with van der Waals surface area (Å²) in [6.45, 7) is 1.96. The average molecular weight is 302 g/mol. The zero-order valence-electron chi connectivity index (χ0n) is 7.31. The van der Waals surface area contributed by atoms with Gasteiger partial charge in [0.2, 0.25) is 0 Å². The van der Waals surface area contributed by atoms with Crippen LogP contribution in [0.4, 0.5) is 0 Å². The first-order chi connectivity index (χ1) is 6.38. The highest BCUT2D eigenvalue weighted by Crippen LogP contribution is 2.34. The third-order valence-corrected chi connectivity index (χ3v) is 3.52. The van der Waals surface area contributed by atoms with Crippen LogP contribution < -0.4 is 0 Å². The zero-order chi connectivity index (χ0) is 10.8. The Morgan fingerprint density at radius 2 is 2.29 bits per heavy atom. The maximum absolute atomic E-state index is 10.5. The van der Waals surface area contributed by atoms with Crippen molar-refractivity contribution in [2.75, 3.05) is 6.35 Å². The number of thiazole rings is 1. The van der Waals surface area contributed by atoms with Gasteiger partial charge in [-0.3, -0.25) is 4.57 Å². The van der Waals surface area contributed by atoms with Gasteiger partial charge in [0.05, 0.1) is 21.1 Å². The molecule has 0 aromatic carbocycles. The van der Waals surface area contributed by atoms with Crippen LogP contribution in [0.15, 0.2) is 3.79 Å². The summed E-state index contributed by atoms with van der Waals surface area (Å²) in [4.78, 5) is 21.2. The van der Waals surface area contributed by atoms with Crippen LogP contribution in [-0.4, -0.2) is 21.1 Å². The fourth-order valence-electron chi connectivity index (χ4n) is 0.796. The standard InChI is InChI=1S/C6H9BrNO4PS/c1-4-8-5(6(7)14-4)2-12-3-13(9,10)11/h2-3H2,1H3,(H2,9,10,11). The van der Waals surface area contributed by atoms with Crippen LogP contribution in [-0.2, 0) is 15.9 Å². The molecule has 0 atom stereocenters. The van der Waals surface area contributed by atoms with Gasteiger partial charge in [-0.1, -0.05) is 0 Å². The van der Waals surface area contributed by atoms with Gasteiger partial charge in [-0.05, 0) is 22.9 Å². The molecule has 1 rings (SSSR count). The summed E-state index contributed by atoms with van der Waals surface area (Å²) in [7, 11) is -4.07. The van der Waals surface area contributed by atoms with E-state index in [2.05, 4.69) is 20.9 Å². The molecule has 0 fully saturated rings. The first kappa shape index (κ1) is 12.3. The molecule has 0 amide bonds. The second kappa shape index (κ2) is 4.83. The number of nitrogens with zero attached hydrogens (tertiary/aromatic N) is 1. The normalized spacial score (nSPS) is 12.0. The maximum atomic E-state index is 10.5. The monoisotopic (exact) mass is 301 g/mol. The van der Waals surface area contributed by atoms with Gasteiger partial charge >= 0.3 is 7.60 Å². The van der Waals surface area contributed by atoms with Crippen LogP contribution in [0.1, 0.15) is 10.7 Å². The molecule has 2 N–H and O–H groups in total. The molecule has 0 radical (unpaired) electrons. The summed E-state index contributed by atoms with van der Waals surface area (Å²) in [5, 5.41) is 0.881. The van der Waals surface area contributed by atoms with Crippen molar-refractivity contribution in [1.29, 1.82) is 0 Å². The molecule has 8 heteroatoms. The van der Waals surface area contributed by atoms with Gasteiger partial charge < -0.3 is 14.5 Å². The van der Waals surface area contributed by atoms with Crippen LogP contribution in [0.25, 0.3) is 0 Å². The molecule has 0 unspecified atom stereocenters. The van der Waals surface area contributed by atoms with Crippen molar-refractivity contribution in [2.24, 2.45) is 0 Å². The lowest BCUT2D eigenvalue weighted by molar-refractivity contribution is 0.142. The Bertz CT molecular complexity index is 363. The van der Waals surface area contributed by atoms with Crippen LogP contribution in [0.5, 0.6) is 0 Å². The number of ether oxygens (including phenoxy) is 1. The van der Waals surface area contributed by atoms with E-state index in [1.807, 2.05) is 6.92 Å². The number of halogens is 1. The van der Waals surface area contributed by atoms with Crippen molar-refractivity contribution in [1.82, 2.24) is 4.98 Å². The van der Waals surface area contributed by atoms with E-state index in [0.29, 0.717) is 5.69 Å². The van der Waals surface area contributed by atoms with Crippen molar-refractivity contribution < 1.29 is 19.1 Å². The molecule has 1 aromatic rings. The Morgan fingerprint density at radius 1 is 1.64 bits per heavy atom. The molecular weight excluding hydrogens is 293 g/mol. The number of hydrogen-bond donors (Lipinski definition) is 2. The Balaban J connectivity index is 2.46. The Kier molecular flexibility index (Phi) is 4.24. The molecule has 0 aliphatic heterocycles. The Morgan fingerprint density at radius 3 is 2.71 bits per heavy atom. The molecule has 80 valence electrons. The number of rotatable bonds is 4. The topological polar surface area (TPSA) is 79.7 Å². The summed E-state index contributed by atoms with van der Waals surface area (Å²) in [6.07, 6.45) is -0.573. The SMILES string of the molecule is Cc1nc(COCP(=O)(O)O)c(Br)s1. The second-order valence-corrected chi connectivity index (χ2v) is 6.70. The maximum Gasteiger partial charge on any atom is 0.350 e. The second-order valence-electron chi connectivity index (χ2n) is 2.60. The van der Waals surface area contributed by atoms with E-state index in [-0.39, 0.29) is 6.61 Å². The minimum atomic E-state index is -4.07. The quantitative estimate of drug-likeness (QED) is 0.830. The van der Waals surface area contributed by atoms with E-state index in [0.717, 1.165) is 8.79 Å². The fourth-order valence-corrected chi connectivity index (χ4v) is 2.67. The molecular formula is C6H9BrNO4PS. The molecule has 0 saturated carbocycles. The van der Waals surface area contributed by atoms with E-state index in [9.17, 15) is 4.57 Å². The van der Waals surface area contributed by atoms with Gasteiger partial charge in [-0.25, -0.2) is 4.98 Å². The van der Waals surface area contributed by atoms with Crippen molar-refractivity contribution in [3.05, 3.63) is 14.5 Å². The van der Waals surface area contributed by atoms with Crippen molar-refractivity contribution in [2.45, 2.75) is 13.5 Å². The van der Waals surface area contributed by atoms with Gasteiger partial charge in [0, 0.05) is 0 Å². The third kappa shape index (κ3) is 4.16. The van der Waals surface area contributed by atoms with Gasteiger partial charge in [0.1, 0.15) is 6.35 Å². The molecule has 1 heterocycles. The highest BCUT2D eigenvalue weighted by Gasteiger charge is 2.14. The summed E-state index contributed by atoms with van der Waals surface area (Å²) >= 11 is 4.74. The number of aryl methyl sites for hydroxylation is 1. The van der Waals surface area contributed by atoms with Crippen LogP contribution in [0.2, 0.25) is 0 Å². The lowest BCUT2D eigenvalue weighted by Gasteiger charge is -2.03.